The molecule has 0 saturated heterocycles. The number of nitrogens with zero attached hydrogens (tertiary/aromatic N) is 1. The van der Waals surface area contributed by atoms with E-state index in [1.165, 1.54) is 4.88 Å². The van der Waals surface area contributed by atoms with E-state index in [2.05, 4.69) is 26.6 Å². The van der Waals surface area contributed by atoms with Crippen LogP contribution in [0.3, 0.4) is 0 Å². The number of thiophene rings is 1. The number of benzene rings is 1. The molecular weight excluding hydrogens is 390 g/mol. The zero-order valence-corrected chi connectivity index (χ0v) is 15.8. The van der Waals surface area contributed by atoms with Gasteiger partial charge in [0.15, 0.2) is 0 Å². The minimum atomic E-state index is -0.453. The van der Waals surface area contributed by atoms with Crippen LogP contribution in [0.5, 0.6) is 0 Å². The van der Waals surface area contributed by atoms with Gasteiger partial charge in [-0.2, -0.15) is 0 Å². The first-order chi connectivity index (χ1) is 11.5. The van der Waals surface area contributed by atoms with Gasteiger partial charge in [0.1, 0.15) is 0 Å². The predicted molar refractivity (Wildman–Crippen MR) is 100 cm³/mol. The van der Waals surface area contributed by atoms with E-state index >= 15 is 0 Å². The minimum Gasteiger partial charge on any atom is -0.337 e. The maximum absolute atomic E-state index is 11.9. The molecule has 0 aliphatic carbocycles. The van der Waals surface area contributed by atoms with Gasteiger partial charge in [-0.05, 0) is 36.5 Å². The molecular formula is C17H20BrN3O2S. The fraction of sp³-hybridized carbons (Fsp3) is 0.294. The molecule has 1 aromatic heterocycles. The van der Waals surface area contributed by atoms with Crippen molar-refractivity contribution in [2.24, 2.45) is 0 Å². The van der Waals surface area contributed by atoms with Gasteiger partial charge in [0.25, 0.3) is 0 Å². The number of nitrogens with one attached hydrogen (secondary N) is 2. The third-order valence-electron chi connectivity index (χ3n) is 3.30. The van der Waals surface area contributed by atoms with Crippen LogP contribution in [0.15, 0.2) is 46.3 Å². The molecule has 0 fully saturated rings. The Balaban J connectivity index is 1.68. The summed E-state index contributed by atoms with van der Waals surface area (Å²) in [5.74, 6) is -0.321. The van der Waals surface area contributed by atoms with Crippen molar-refractivity contribution in [2.75, 3.05) is 20.1 Å². The largest absolute Gasteiger partial charge is 0.337 e. The van der Waals surface area contributed by atoms with E-state index in [4.69, 9.17) is 0 Å². The third kappa shape index (κ3) is 6.43. The zero-order chi connectivity index (χ0) is 17.4. The summed E-state index contributed by atoms with van der Waals surface area (Å²) in [4.78, 5) is 26.7. The molecule has 2 aromatic rings. The Kier molecular flexibility index (Phi) is 7.42. The van der Waals surface area contributed by atoms with Crippen LogP contribution >= 0.6 is 27.3 Å². The van der Waals surface area contributed by atoms with E-state index in [9.17, 15) is 9.59 Å². The topological polar surface area (TPSA) is 61.4 Å². The molecule has 0 spiro atoms. The Hall–Kier alpha value is -1.70. The molecule has 5 nitrogen and oxygen atoms in total. The minimum absolute atomic E-state index is 0.152. The fourth-order valence-corrected chi connectivity index (χ4v) is 3.30. The van der Waals surface area contributed by atoms with Crippen molar-refractivity contribution in [3.05, 3.63) is 56.7 Å². The summed E-state index contributed by atoms with van der Waals surface area (Å²) in [5, 5.41) is 7.05. The van der Waals surface area contributed by atoms with Gasteiger partial charge in [-0.1, -0.05) is 40.2 Å². The van der Waals surface area contributed by atoms with Crippen molar-refractivity contribution in [2.45, 2.75) is 13.0 Å². The van der Waals surface area contributed by atoms with Gasteiger partial charge in [-0.3, -0.25) is 15.0 Å². The summed E-state index contributed by atoms with van der Waals surface area (Å²) in [6.45, 7) is 1.28. The van der Waals surface area contributed by atoms with Crippen LogP contribution in [0.4, 0.5) is 4.79 Å². The lowest BCUT2D eigenvalue weighted by Crippen LogP contribution is -2.44. The fourth-order valence-electron chi connectivity index (χ4n) is 2.18. The molecule has 2 rings (SSSR count). The lowest BCUT2D eigenvalue weighted by molar-refractivity contribution is -0.120. The Labute approximate surface area is 154 Å². The lowest BCUT2D eigenvalue weighted by Gasteiger charge is -2.17. The average molecular weight is 410 g/mol. The van der Waals surface area contributed by atoms with Crippen molar-refractivity contribution in [1.29, 1.82) is 0 Å². The molecule has 0 saturated carbocycles. The van der Waals surface area contributed by atoms with Crippen LogP contribution in [0.1, 0.15) is 10.4 Å². The van der Waals surface area contributed by atoms with E-state index in [0.717, 1.165) is 16.5 Å². The molecule has 24 heavy (non-hydrogen) atoms. The van der Waals surface area contributed by atoms with Crippen LogP contribution in [0.25, 0.3) is 0 Å². The Morgan fingerprint density at radius 3 is 2.71 bits per heavy atom. The second-order valence-electron chi connectivity index (χ2n) is 5.40. The van der Waals surface area contributed by atoms with Gasteiger partial charge in [-0.15, -0.1) is 11.3 Å². The molecule has 1 aromatic carbocycles. The Bertz CT molecular complexity index is 676. The van der Waals surface area contributed by atoms with Gasteiger partial charge in [0, 0.05) is 22.4 Å². The van der Waals surface area contributed by atoms with E-state index in [1.54, 1.807) is 11.3 Å². The monoisotopic (exact) mass is 409 g/mol. The van der Waals surface area contributed by atoms with E-state index in [1.807, 2.05) is 53.7 Å². The highest BCUT2D eigenvalue weighted by atomic mass is 79.9. The van der Waals surface area contributed by atoms with Gasteiger partial charge in [-0.25, -0.2) is 4.79 Å². The van der Waals surface area contributed by atoms with Gasteiger partial charge < -0.3 is 5.32 Å². The first-order valence-corrected chi connectivity index (χ1v) is 9.24. The van der Waals surface area contributed by atoms with Crippen molar-refractivity contribution in [3.63, 3.8) is 0 Å². The average Bonchev–Trinajstić information content (AvgIpc) is 3.02. The van der Waals surface area contributed by atoms with E-state index in [0.29, 0.717) is 13.1 Å². The van der Waals surface area contributed by atoms with Gasteiger partial charge in [0.2, 0.25) is 5.91 Å². The van der Waals surface area contributed by atoms with Crippen LogP contribution < -0.4 is 10.6 Å². The molecule has 3 amide bonds. The first kappa shape index (κ1) is 18.6. The highest BCUT2D eigenvalue weighted by Gasteiger charge is 2.11. The number of carbonyl (C=O) groups is 2. The van der Waals surface area contributed by atoms with E-state index < -0.39 is 6.03 Å². The molecule has 0 unspecified atom stereocenters. The van der Waals surface area contributed by atoms with Crippen molar-refractivity contribution >= 4 is 39.2 Å². The summed E-state index contributed by atoms with van der Waals surface area (Å²) in [6, 6.07) is 11.4. The number of halogens is 1. The number of amides is 3. The quantitative estimate of drug-likeness (QED) is 0.738. The number of carbonyl (C=O) groups excluding carboxylic acids is 2. The molecule has 1 heterocycles. The zero-order valence-electron chi connectivity index (χ0n) is 13.4. The van der Waals surface area contributed by atoms with Gasteiger partial charge >= 0.3 is 6.03 Å². The third-order valence-corrected chi connectivity index (χ3v) is 5.01. The standard InChI is InChI=1S/C17H20BrN3O2S/c1-21(11-13-5-2-3-7-15(13)18)12-16(22)20-17(23)19-9-8-14-6-4-10-24-14/h2-7,10H,8-9,11-12H2,1H3,(H2,19,20,22,23). The molecule has 128 valence electrons. The Morgan fingerprint density at radius 2 is 2.00 bits per heavy atom. The number of hydrogen-bond acceptors (Lipinski definition) is 4. The molecule has 0 aliphatic heterocycles. The smallest absolute Gasteiger partial charge is 0.321 e. The number of likely N-dealkylation sites (N-methyl/N-ethyl adjacent to an activating group) is 1. The van der Waals surface area contributed by atoms with Crippen LogP contribution in [0.2, 0.25) is 0 Å². The predicted octanol–water partition coefficient (Wildman–Crippen LogP) is 3.01. The van der Waals surface area contributed by atoms with Crippen LogP contribution in [-0.2, 0) is 17.8 Å². The second kappa shape index (κ2) is 9.56. The lowest BCUT2D eigenvalue weighted by atomic mass is 10.2. The molecule has 0 atom stereocenters. The van der Waals surface area contributed by atoms with Crippen LogP contribution in [-0.4, -0.2) is 37.0 Å². The summed E-state index contributed by atoms with van der Waals surface area (Å²) < 4.78 is 1.00. The van der Waals surface area contributed by atoms with Gasteiger partial charge in [0.05, 0.1) is 6.54 Å². The van der Waals surface area contributed by atoms with Crippen molar-refractivity contribution in [3.8, 4) is 0 Å². The molecule has 0 radical (unpaired) electrons. The number of urea groups is 1. The van der Waals surface area contributed by atoms with E-state index in [-0.39, 0.29) is 12.5 Å². The van der Waals surface area contributed by atoms with Crippen molar-refractivity contribution < 1.29 is 9.59 Å². The highest BCUT2D eigenvalue weighted by molar-refractivity contribution is 9.10. The highest BCUT2D eigenvalue weighted by Crippen LogP contribution is 2.17. The summed E-state index contributed by atoms with van der Waals surface area (Å²) >= 11 is 5.14. The summed E-state index contributed by atoms with van der Waals surface area (Å²) in [6.07, 6.45) is 0.765. The normalized spacial score (nSPS) is 10.6. The maximum atomic E-state index is 11.9. The Morgan fingerprint density at radius 1 is 1.21 bits per heavy atom. The molecule has 7 heteroatoms. The SMILES string of the molecule is CN(CC(=O)NC(=O)NCCc1cccs1)Cc1ccccc1Br. The summed E-state index contributed by atoms with van der Waals surface area (Å²) in [7, 11) is 1.84. The second-order valence-corrected chi connectivity index (χ2v) is 7.28. The summed E-state index contributed by atoms with van der Waals surface area (Å²) in [5.41, 5.74) is 1.09. The molecule has 0 aliphatic rings. The number of rotatable bonds is 7. The molecule has 2 N–H and O–H groups in total. The van der Waals surface area contributed by atoms with Crippen LogP contribution in [0, 0.1) is 0 Å². The number of hydrogen-bond donors (Lipinski definition) is 2. The molecule has 0 bridgehead atoms. The first-order valence-electron chi connectivity index (χ1n) is 7.56. The van der Waals surface area contributed by atoms with Crippen molar-refractivity contribution in [1.82, 2.24) is 15.5 Å². The number of imide groups is 1. The maximum Gasteiger partial charge on any atom is 0.321 e.